The number of nitrogens with zero attached hydrogens (tertiary/aromatic N) is 3. The summed E-state index contributed by atoms with van der Waals surface area (Å²) < 4.78 is 1.66. The van der Waals surface area contributed by atoms with Gasteiger partial charge in [0.15, 0.2) is 0 Å². The van der Waals surface area contributed by atoms with Gasteiger partial charge in [-0.05, 0) is 29.8 Å². The second-order valence-electron chi connectivity index (χ2n) is 4.56. The molecule has 6 nitrogen and oxygen atoms in total. The number of hydrogen-bond donors (Lipinski definition) is 2. The highest BCUT2D eigenvalue weighted by atomic mass is 16.1. The van der Waals surface area contributed by atoms with E-state index in [-0.39, 0.29) is 5.69 Å². The first-order valence-electron chi connectivity index (χ1n) is 6.30. The third-order valence-corrected chi connectivity index (χ3v) is 3.06. The summed E-state index contributed by atoms with van der Waals surface area (Å²) in [5.74, 6) is -0.569. The number of nitrogen functional groups attached to an aromatic ring is 1. The van der Waals surface area contributed by atoms with Gasteiger partial charge in [0, 0.05) is 23.6 Å². The van der Waals surface area contributed by atoms with Gasteiger partial charge in [-0.25, -0.2) is 4.68 Å². The van der Waals surface area contributed by atoms with E-state index >= 15 is 0 Å². The molecule has 104 valence electrons. The lowest BCUT2D eigenvalue weighted by Gasteiger charge is -2.02. The van der Waals surface area contributed by atoms with Crippen molar-refractivity contribution in [3.8, 4) is 16.8 Å². The average Bonchev–Trinajstić information content (AvgIpc) is 2.97. The number of carbonyl (C=O) groups excluding carboxylic acids is 1. The highest BCUT2D eigenvalue weighted by Gasteiger charge is 2.07. The quantitative estimate of drug-likeness (QED) is 0.711. The molecule has 0 aliphatic heterocycles. The minimum absolute atomic E-state index is 0.202. The zero-order valence-corrected chi connectivity index (χ0v) is 11.1. The normalized spacial score (nSPS) is 10.5. The predicted molar refractivity (Wildman–Crippen MR) is 79.7 cm³/mol. The lowest BCUT2D eigenvalue weighted by Crippen LogP contribution is -2.13. The molecule has 21 heavy (non-hydrogen) atoms. The third-order valence-electron chi connectivity index (χ3n) is 3.06. The Kier molecular flexibility index (Phi) is 3.12. The van der Waals surface area contributed by atoms with Gasteiger partial charge in [-0.1, -0.05) is 12.1 Å². The fourth-order valence-corrected chi connectivity index (χ4v) is 2.03. The molecule has 0 saturated carbocycles. The van der Waals surface area contributed by atoms with Crippen LogP contribution in [0.2, 0.25) is 0 Å². The fourth-order valence-electron chi connectivity index (χ4n) is 2.03. The van der Waals surface area contributed by atoms with Gasteiger partial charge in [-0.3, -0.25) is 9.78 Å². The molecule has 0 aliphatic carbocycles. The van der Waals surface area contributed by atoms with E-state index in [1.54, 1.807) is 23.0 Å². The largest absolute Gasteiger partial charge is 0.399 e. The standard InChI is InChI=1S/C15H13N5O/c16-12-3-1-2-10(6-12)11-8-19-20(9-11)13-4-5-18-14(7-13)15(17)21/h1-9H,16H2,(H2,17,21). The number of anilines is 1. The van der Waals surface area contributed by atoms with Crippen LogP contribution in [0, 0.1) is 0 Å². The zero-order chi connectivity index (χ0) is 14.8. The summed E-state index contributed by atoms with van der Waals surface area (Å²) in [5, 5.41) is 4.29. The molecular formula is C15H13N5O. The number of rotatable bonds is 3. The van der Waals surface area contributed by atoms with Crippen molar-refractivity contribution in [2.24, 2.45) is 5.73 Å². The summed E-state index contributed by atoms with van der Waals surface area (Å²) >= 11 is 0. The Bertz CT molecular complexity index is 809. The van der Waals surface area contributed by atoms with Crippen molar-refractivity contribution < 1.29 is 4.79 Å². The molecule has 2 aromatic heterocycles. The number of hydrogen-bond acceptors (Lipinski definition) is 4. The molecule has 0 saturated heterocycles. The van der Waals surface area contributed by atoms with Crippen LogP contribution in [-0.2, 0) is 0 Å². The lowest BCUT2D eigenvalue weighted by atomic mass is 10.1. The van der Waals surface area contributed by atoms with Crippen molar-refractivity contribution in [1.29, 1.82) is 0 Å². The molecule has 1 aromatic carbocycles. The highest BCUT2D eigenvalue weighted by molar-refractivity contribution is 5.91. The Morgan fingerprint density at radius 2 is 2.00 bits per heavy atom. The molecule has 2 heterocycles. The number of aromatic nitrogens is 3. The molecule has 3 aromatic rings. The first-order valence-corrected chi connectivity index (χ1v) is 6.30. The molecule has 0 unspecified atom stereocenters. The number of benzene rings is 1. The predicted octanol–water partition coefficient (Wildman–Crippen LogP) is 1.62. The molecule has 6 heteroatoms. The van der Waals surface area contributed by atoms with Crippen molar-refractivity contribution in [3.63, 3.8) is 0 Å². The van der Waals surface area contributed by atoms with Crippen molar-refractivity contribution in [1.82, 2.24) is 14.8 Å². The minimum Gasteiger partial charge on any atom is -0.399 e. The van der Waals surface area contributed by atoms with Crippen LogP contribution < -0.4 is 11.5 Å². The highest BCUT2D eigenvalue weighted by Crippen LogP contribution is 2.22. The molecule has 0 radical (unpaired) electrons. The number of primary amides is 1. The van der Waals surface area contributed by atoms with E-state index in [1.807, 2.05) is 30.5 Å². The van der Waals surface area contributed by atoms with Gasteiger partial charge in [-0.2, -0.15) is 5.10 Å². The van der Waals surface area contributed by atoms with Crippen molar-refractivity contribution in [3.05, 3.63) is 60.7 Å². The molecule has 0 atom stereocenters. The molecule has 3 rings (SSSR count). The van der Waals surface area contributed by atoms with Gasteiger partial charge in [0.05, 0.1) is 11.9 Å². The smallest absolute Gasteiger partial charge is 0.267 e. The van der Waals surface area contributed by atoms with Crippen LogP contribution in [0.4, 0.5) is 5.69 Å². The maximum Gasteiger partial charge on any atom is 0.267 e. The molecule has 0 spiro atoms. The van der Waals surface area contributed by atoms with E-state index in [0.717, 1.165) is 11.1 Å². The van der Waals surface area contributed by atoms with E-state index in [0.29, 0.717) is 11.4 Å². The summed E-state index contributed by atoms with van der Waals surface area (Å²) in [7, 11) is 0. The Morgan fingerprint density at radius 3 is 2.76 bits per heavy atom. The second kappa shape index (κ2) is 5.09. The van der Waals surface area contributed by atoms with Crippen molar-refractivity contribution in [2.75, 3.05) is 5.73 Å². The van der Waals surface area contributed by atoms with E-state index in [2.05, 4.69) is 10.1 Å². The van der Waals surface area contributed by atoms with E-state index in [4.69, 9.17) is 11.5 Å². The van der Waals surface area contributed by atoms with Crippen LogP contribution in [-0.4, -0.2) is 20.7 Å². The Labute approximate surface area is 121 Å². The fraction of sp³-hybridized carbons (Fsp3) is 0. The van der Waals surface area contributed by atoms with Gasteiger partial charge in [0.1, 0.15) is 5.69 Å². The van der Waals surface area contributed by atoms with Crippen molar-refractivity contribution in [2.45, 2.75) is 0 Å². The first-order chi connectivity index (χ1) is 10.1. The van der Waals surface area contributed by atoms with Crippen molar-refractivity contribution >= 4 is 11.6 Å². The molecule has 4 N–H and O–H groups in total. The maximum absolute atomic E-state index is 11.2. The summed E-state index contributed by atoms with van der Waals surface area (Å²) in [5.41, 5.74) is 14.5. The maximum atomic E-state index is 11.2. The molecular weight excluding hydrogens is 266 g/mol. The van der Waals surface area contributed by atoms with Crippen LogP contribution >= 0.6 is 0 Å². The monoisotopic (exact) mass is 279 g/mol. The first kappa shape index (κ1) is 12.9. The summed E-state index contributed by atoms with van der Waals surface area (Å²) in [6.07, 6.45) is 5.12. The van der Waals surface area contributed by atoms with Gasteiger partial charge >= 0.3 is 0 Å². The van der Waals surface area contributed by atoms with Gasteiger partial charge in [0.2, 0.25) is 0 Å². The summed E-state index contributed by atoms with van der Waals surface area (Å²) in [6.45, 7) is 0. The van der Waals surface area contributed by atoms with E-state index in [9.17, 15) is 4.79 Å². The van der Waals surface area contributed by atoms with Gasteiger partial charge < -0.3 is 11.5 Å². The van der Waals surface area contributed by atoms with Crippen LogP contribution in [0.3, 0.4) is 0 Å². The van der Waals surface area contributed by atoms with Crippen LogP contribution in [0.1, 0.15) is 10.5 Å². The molecule has 0 bridgehead atoms. The Hall–Kier alpha value is -3.15. The minimum atomic E-state index is -0.569. The molecule has 0 aliphatic rings. The van der Waals surface area contributed by atoms with Crippen LogP contribution in [0.25, 0.3) is 16.8 Å². The molecule has 0 fully saturated rings. The Morgan fingerprint density at radius 1 is 1.14 bits per heavy atom. The van der Waals surface area contributed by atoms with Gasteiger partial charge in [-0.15, -0.1) is 0 Å². The Balaban J connectivity index is 1.98. The van der Waals surface area contributed by atoms with Crippen LogP contribution in [0.15, 0.2) is 55.0 Å². The van der Waals surface area contributed by atoms with Gasteiger partial charge in [0.25, 0.3) is 5.91 Å². The number of carbonyl (C=O) groups is 1. The third kappa shape index (κ3) is 2.59. The van der Waals surface area contributed by atoms with E-state index in [1.165, 1.54) is 6.20 Å². The summed E-state index contributed by atoms with van der Waals surface area (Å²) in [6, 6.07) is 10.9. The topological polar surface area (TPSA) is 99.8 Å². The summed E-state index contributed by atoms with van der Waals surface area (Å²) in [4.78, 5) is 15.1. The number of nitrogens with two attached hydrogens (primary N) is 2. The van der Waals surface area contributed by atoms with E-state index < -0.39 is 5.91 Å². The van der Waals surface area contributed by atoms with Crippen LogP contribution in [0.5, 0.6) is 0 Å². The number of pyridine rings is 1. The lowest BCUT2D eigenvalue weighted by molar-refractivity contribution is 0.0995. The molecule has 1 amide bonds. The number of amides is 1. The average molecular weight is 279 g/mol. The zero-order valence-electron chi connectivity index (χ0n) is 11.1. The second-order valence-corrected chi connectivity index (χ2v) is 4.56. The SMILES string of the molecule is NC(=O)c1cc(-n2cc(-c3cccc(N)c3)cn2)ccn1.